The van der Waals surface area contributed by atoms with Crippen LogP contribution in [0.25, 0.3) is 10.9 Å². The third-order valence-electron chi connectivity index (χ3n) is 4.28. The van der Waals surface area contributed by atoms with E-state index >= 15 is 0 Å². The van der Waals surface area contributed by atoms with Crippen LogP contribution >= 0.6 is 0 Å². The molecule has 1 fully saturated rings. The van der Waals surface area contributed by atoms with Crippen LogP contribution in [-0.2, 0) is 6.54 Å². The summed E-state index contributed by atoms with van der Waals surface area (Å²) in [7, 11) is 0. The number of benzene rings is 1. The quantitative estimate of drug-likeness (QED) is 0.863. The third kappa shape index (κ3) is 2.67. The number of likely N-dealkylation sites (N-methyl/N-ethyl adjacent to an activating group) is 1. The second-order valence-electron chi connectivity index (χ2n) is 5.42. The summed E-state index contributed by atoms with van der Waals surface area (Å²) in [5, 5.41) is 4.97. The first-order valence-electron chi connectivity index (χ1n) is 7.38. The lowest BCUT2D eigenvalue weighted by atomic mass is 10.1. The van der Waals surface area contributed by atoms with Crippen LogP contribution in [0.2, 0.25) is 0 Å². The molecule has 1 saturated heterocycles. The van der Waals surface area contributed by atoms with E-state index in [1.807, 2.05) is 0 Å². The van der Waals surface area contributed by atoms with Crippen molar-refractivity contribution in [3.63, 3.8) is 0 Å². The van der Waals surface area contributed by atoms with Crippen molar-refractivity contribution in [2.45, 2.75) is 32.4 Å². The number of hydrogen-bond acceptors (Lipinski definition) is 2. The second-order valence-corrected chi connectivity index (χ2v) is 5.42. The summed E-state index contributed by atoms with van der Waals surface area (Å²) in [5.41, 5.74) is 2.60. The molecule has 3 heteroatoms. The van der Waals surface area contributed by atoms with Gasteiger partial charge in [-0.15, -0.1) is 0 Å². The van der Waals surface area contributed by atoms with Gasteiger partial charge < -0.3 is 10.3 Å². The van der Waals surface area contributed by atoms with Crippen molar-refractivity contribution in [1.29, 1.82) is 0 Å². The fourth-order valence-electron chi connectivity index (χ4n) is 3.19. The highest BCUT2D eigenvalue weighted by Gasteiger charge is 2.22. The summed E-state index contributed by atoms with van der Waals surface area (Å²) >= 11 is 0. The average molecular weight is 257 g/mol. The van der Waals surface area contributed by atoms with Gasteiger partial charge in [0.25, 0.3) is 0 Å². The maximum Gasteiger partial charge on any atom is 0.0457 e. The van der Waals surface area contributed by atoms with Gasteiger partial charge >= 0.3 is 0 Å². The SMILES string of the molecule is CCN1CCCC1CNCc1c[nH]c2ccccc12. The predicted octanol–water partition coefficient (Wildman–Crippen LogP) is 2.74. The maximum absolute atomic E-state index is 3.62. The van der Waals surface area contributed by atoms with Crippen molar-refractivity contribution in [2.75, 3.05) is 19.6 Å². The monoisotopic (exact) mass is 257 g/mol. The van der Waals surface area contributed by atoms with Crippen LogP contribution in [-0.4, -0.2) is 35.6 Å². The number of H-pyrrole nitrogens is 1. The van der Waals surface area contributed by atoms with E-state index < -0.39 is 0 Å². The number of fused-ring (bicyclic) bond motifs is 1. The highest BCUT2D eigenvalue weighted by molar-refractivity contribution is 5.82. The van der Waals surface area contributed by atoms with Gasteiger partial charge in [0, 0.05) is 36.2 Å². The van der Waals surface area contributed by atoms with Gasteiger partial charge in [-0.1, -0.05) is 25.1 Å². The summed E-state index contributed by atoms with van der Waals surface area (Å²) in [6, 6.07) is 9.24. The largest absolute Gasteiger partial charge is 0.361 e. The van der Waals surface area contributed by atoms with E-state index in [1.54, 1.807) is 0 Å². The van der Waals surface area contributed by atoms with E-state index in [1.165, 1.54) is 42.4 Å². The second kappa shape index (κ2) is 5.76. The molecule has 102 valence electrons. The maximum atomic E-state index is 3.62. The summed E-state index contributed by atoms with van der Waals surface area (Å²) in [4.78, 5) is 5.92. The van der Waals surface area contributed by atoms with Crippen LogP contribution in [0.4, 0.5) is 0 Å². The molecule has 1 aromatic heterocycles. The molecule has 3 nitrogen and oxygen atoms in total. The molecule has 0 spiro atoms. The normalized spacial score (nSPS) is 20.4. The van der Waals surface area contributed by atoms with Crippen molar-refractivity contribution < 1.29 is 0 Å². The summed E-state index contributed by atoms with van der Waals surface area (Å²) in [6.45, 7) is 6.78. The first-order chi connectivity index (χ1) is 9.38. The van der Waals surface area contributed by atoms with Gasteiger partial charge in [-0.25, -0.2) is 0 Å². The Bertz CT molecular complexity index is 532. The van der Waals surface area contributed by atoms with E-state index in [0.717, 1.165) is 19.1 Å². The Morgan fingerprint density at radius 1 is 1.37 bits per heavy atom. The third-order valence-corrected chi connectivity index (χ3v) is 4.28. The van der Waals surface area contributed by atoms with Crippen molar-refractivity contribution in [3.8, 4) is 0 Å². The van der Waals surface area contributed by atoms with Crippen molar-refractivity contribution >= 4 is 10.9 Å². The molecule has 1 aliphatic heterocycles. The molecule has 0 radical (unpaired) electrons. The standard InChI is InChI=1S/C16H23N3/c1-2-19-9-5-6-14(19)12-17-10-13-11-18-16-8-4-3-7-15(13)16/h3-4,7-8,11,14,17-18H,2,5-6,9-10,12H2,1H3. The topological polar surface area (TPSA) is 31.1 Å². The molecule has 1 aromatic carbocycles. The molecular weight excluding hydrogens is 234 g/mol. The van der Waals surface area contributed by atoms with Crippen LogP contribution in [0.5, 0.6) is 0 Å². The van der Waals surface area contributed by atoms with E-state index in [9.17, 15) is 0 Å². The molecular formula is C16H23N3. The van der Waals surface area contributed by atoms with Crippen molar-refractivity contribution in [1.82, 2.24) is 15.2 Å². The number of rotatable bonds is 5. The van der Waals surface area contributed by atoms with Crippen LogP contribution in [0.1, 0.15) is 25.3 Å². The Kier molecular flexibility index (Phi) is 3.85. The first-order valence-corrected chi connectivity index (χ1v) is 7.38. The highest BCUT2D eigenvalue weighted by atomic mass is 15.2. The van der Waals surface area contributed by atoms with Crippen LogP contribution in [0.15, 0.2) is 30.5 Å². The lowest BCUT2D eigenvalue weighted by Gasteiger charge is -2.22. The Balaban J connectivity index is 1.57. The van der Waals surface area contributed by atoms with Crippen molar-refractivity contribution in [3.05, 3.63) is 36.0 Å². The zero-order chi connectivity index (χ0) is 13.1. The molecule has 2 N–H and O–H groups in total. The zero-order valence-corrected chi connectivity index (χ0v) is 11.7. The summed E-state index contributed by atoms with van der Waals surface area (Å²) in [6.07, 6.45) is 4.83. The van der Waals surface area contributed by atoms with E-state index in [-0.39, 0.29) is 0 Å². The van der Waals surface area contributed by atoms with E-state index in [4.69, 9.17) is 0 Å². The number of nitrogens with zero attached hydrogens (tertiary/aromatic N) is 1. The van der Waals surface area contributed by atoms with Gasteiger partial charge in [0.05, 0.1) is 0 Å². The molecule has 2 heterocycles. The van der Waals surface area contributed by atoms with Gasteiger partial charge in [0.2, 0.25) is 0 Å². The Labute approximate surface area is 115 Å². The number of likely N-dealkylation sites (tertiary alicyclic amines) is 1. The minimum absolute atomic E-state index is 0.732. The van der Waals surface area contributed by atoms with Crippen molar-refractivity contribution in [2.24, 2.45) is 0 Å². The molecule has 2 aromatic rings. The minimum Gasteiger partial charge on any atom is -0.361 e. The zero-order valence-electron chi connectivity index (χ0n) is 11.7. The number of nitrogens with one attached hydrogen (secondary N) is 2. The Morgan fingerprint density at radius 3 is 3.16 bits per heavy atom. The summed E-state index contributed by atoms with van der Waals surface area (Å²) < 4.78 is 0. The molecule has 0 aliphatic carbocycles. The highest BCUT2D eigenvalue weighted by Crippen LogP contribution is 2.18. The molecule has 1 unspecified atom stereocenters. The van der Waals surface area contributed by atoms with Gasteiger partial charge in [-0.05, 0) is 37.6 Å². The fourth-order valence-corrected chi connectivity index (χ4v) is 3.19. The van der Waals surface area contributed by atoms with E-state index in [2.05, 4.69) is 52.6 Å². The van der Waals surface area contributed by atoms with E-state index in [0.29, 0.717) is 0 Å². The predicted molar refractivity (Wildman–Crippen MR) is 80.3 cm³/mol. The number of aromatic nitrogens is 1. The fraction of sp³-hybridized carbons (Fsp3) is 0.500. The van der Waals surface area contributed by atoms with Gasteiger partial charge in [0.15, 0.2) is 0 Å². The molecule has 3 rings (SSSR count). The van der Waals surface area contributed by atoms with Crippen LogP contribution in [0, 0.1) is 0 Å². The van der Waals surface area contributed by atoms with Gasteiger partial charge in [-0.2, -0.15) is 0 Å². The molecule has 0 amide bonds. The van der Waals surface area contributed by atoms with Gasteiger partial charge in [-0.3, -0.25) is 4.90 Å². The summed E-state index contributed by atoms with van der Waals surface area (Å²) in [5.74, 6) is 0. The minimum atomic E-state index is 0.732. The lowest BCUT2D eigenvalue weighted by molar-refractivity contribution is 0.260. The first kappa shape index (κ1) is 12.7. The lowest BCUT2D eigenvalue weighted by Crippen LogP contribution is -2.37. The van der Waals surface area contributed by atoms with Gasteiger partial charge in [0.1, 0.15) is 0 Å². The number of para-hydroxylation sites is 1. The molecule has 0 bridgehead atoms. The molecule has 0 saturated carbocycles. The molecule has 19 heavy (non-hydrogen) atoms. The number of hydrogen-bond donors (Lipinski definition) is 2. The van der Waals surface area contributed by atoms with Crippen LogP contribution < -0.4 is 5.32 Å². The van der Waals surface area contributed by atoms with Crippen LogP contribution in [0.3, 0.4) is 0 Å². The Morgan fingerprint density at radius 2 is 2.26 bits per heavy atom. The molecule has 1 aliphatic rings. The average Bonchev–Trinajstić information content (AvgIpc) is 3.06. The Hall–Kier alpha value is -1.32. The molecule has 1 atom stereocenters. The number of aromatic amines is 1. The smallest absolute Gasteiger partial charge is 0.0457 e.